The highest BCUT2D eigenvalue weighted by molar-refractivity contribution is 9.11. The average Bonchev–Trinajstić information content (AvgIpc) is 2.85. The molecule has 94 valence electrons. The molecule has 0 saturated carbocycles. The van der Waals surface area contributed by atoms with E-state index >= 15 is 0 Å². The SMILES string of the molecule is O=C(NCCc1ncn[nH]1)c1cc(Br)ccc1Br. The third-order valence-electron chi connectivity index (χ3n) is 2.29. The van der Waals surface area contributed by atoms with Crippen molar-refractivity contribution < 1.29 is 4.79 Å². The Hall–Kier alpha value is -1.21. The number of halogens is 2. The number of nitrogens with zero attached hydrogens (tertiary/aromatic N) is 2. The van der Waals surface area contributed by atoms with E-state index in [1.165, 1.54) is 6.33 Å². The first-order valence-corrected chi connectivity index (χ1v) is 6.83. The van der Waals surface area contributed by atoms with Crippen molar-refractivity contribution in [1.82, 2.24) is 20.5 Å². The Balaban J connectivity index is 1.93. The van der Waals surface area contributed by atoms with Crippen LogP contribution in [0.1, 0.15) is 16.2 Å². The van der Waals surface area contributed by atoms with Crippen LogP contribution in [0.5, 0.6) is 0 Å². The standard InChI is InChI=1S/C11H10Br2N4O/c12-7-1-2-9(13)8(5-7)11(18)14-4-3-10-15-6-16-17-10/h1-2,5-6H,3-4H2,(H,14,18)(H,15,16,17). The second-order valence-electron chi connectivity index (χ2n) is 3.56. The molecule has 0 saturated heterocycles. The first-order valence-electron chi connectivity index (χ1n) is 5.24. The van der Waals surface area contributed by atoms with Gasteiger partial charge < -0.3 is 5.32 Å². The van der Waals surface area contributed by atoms with E-state index in [1.54, 1.807) is 6.07 Å². The van der Waals surface area contributed by atoms with Crippen molar-refractivity contribution in [2.45, 2.75) is 6.42 Å². The van der Waals surface area contributed by atoms with Crippen molar-refractivity contribution in [1.29, 1.82) is 0 Å². The predicted molar refractivity (Wildman–Crippen MR) is 74.3 cm³/mol. The second kappa shape index (κ2) is 6.10. The average molecular weight is 374 g/mol. The van der Waals surface area contributed by atoms with Crippen molar-refractivity contribution in [2.24, 2.45) is 0 Å². The van der Waals surface area contributed by atoms with Crippen molar-refractivity contribution in [2.75, 3.05) is 6.54 Å². The van der Waals surface area contributed by atoms with Crippen LogP contribution in [-0.4, -0.2) is 27.6 Å². The van der Waals surface area contributed by atoms with Gasteiger partial charge in [-0.1, -0.05) is 15.9 Å². The van der Waals surface area contributed by atoms with E-state index in [0.29, 0.717) is 18.5 Å². The van der Waals surface area contributed by atoms with Crippen LogP contribution in [0.2, 0.25) is 0 Å². The Morgan fingerprint density at radius 3 is 2.94 bits per heavy atom. The second-order valence-corrected chi connectivity index (χ2v) is 5.33. The molecule has 0 radical (unpaired) electrons. The monoisotopic (exact) mass is 372 g/mol. The highest BCUT2D eigenvalue weighted by Crippen LogP contribution is 2.21. The number of H-pyrrole nitrogens is 1. The van der Waals surface area contributed by atoms with E-state index in [9.17, 15) is 4.79 Å². The number of hydrogen-bond acceptors (Lipinski definition) is 3. The van der Waals surface area contributed by atoms with Gasteiger partial charge in [0.05, 0.1) is 5.56 Å². The fourth-order valence-corrected chi connectivity index (χ4v) is 2.20. The quantitative estimate of drug-likeness (QED) is 0.863. The lowest BCUT2D eigenvalue weighted by molar-refractivity contribution is 0.0953. The number of rotatable bonds is 4. The Kier molecular flexibility index (Phi) is 4.48. The Morgan fingerprint density at radius 2 is 2.22 bits per heavy atom. The van der Waals surface area contributed by atoms with E-state index in [4.69, 9.17) is 0 Å². The molecule has 0 spiro atoms. The molecule has 18 heavy (non-hydrogen) atoms. The summed E-state index contributed by atoms with van der Waals surface area (Å²) in [5.74, 6) is 0.631. The third-order valence-corrected chi connectivity index (χ3v) is 3.47. The number of aromatic nitrogens is 3. The molecule has 0 aliphatic heterocycles. The van der Waals surface area contributed by atoms with Gasteiger partial charge in [-0.15, -0.1) is 0 Å². The van der Waals surface area contributed by atoms with Crippen molar-refractivity contribution in [3.05, 3.63) is 44.9 Å². The van der Waals surface area contributed by atoms with Crippen molar-refractivity contribution >= 4 is 37.8 Å². The minimum Gasteiger partial charge on any atom is -0.352 e. The van der Waals surface area contributed by atoms with Gasteiger partial charge >= 0.3 is 0 Å². The van der Waals surface area contributed by atoms with Gasteiger partial charge in [-0.05, 0) is 34.1 Å². The van der Waals surface area contributed by atoms with Gasteiger partial charge in [-0.3, -0.25) is 9.89 Å². The molecule has 0 aliphatic rings. The number of aromatic amines is 1. The largest absolute Gasteiger partial charge is 0.352 e. The van der Waals surface area contributed by atoms with Gasteiger partial charge in [0.2, 0.25) is 0 Å². The normalized spacial score (nSPS) is 10.3. The molecular formula is C11H10Br2N4O. The van der Waals surface area contributed by atoms with E-state index in [0.717, 1.165) is 14.8 Å². The molecule has 0 fully saturated rings. The van der Waals surface area contributed by atoms with Crippen LogP contribution in [0.3, 0.4) is 0 Å². The summed E-state index contributed by atoms with van der Waals surface area (Å²) in [7, 11) is 0. The van der Waals surface area contributed by atoms with Crippen LogP contribution in [0.25, 0.3) is 0 Å². The smallest absolute Gasteiger partial charge is 0.252 e. The highest BCUT2D eigenvalue weighted by Gasteiger charge is 2.10. The molecule has 0 atom stereocenters. The van der Waals surface area contributed by atoms with Crippen molar-refractivity contribution in [3.8, 4) is 0 Å². The lowest BCUT2D eigenvalue weighted by Gasteiger charge is -2.06. The molecule has 1 aromatic carbocycles. The van der Waals surface area contributed by atoms with E-state index in [-0.39, 0.29) is 5.91 Å². The van der Waals surface area contributed by atoms with Gasteiger partial charge in [-0.25, -0.2) is 4.98 Å². The zero-order valence-electron chi connectivity index (χ0n) is 9.28. The van der Waals surface area contributed by atoms with Crippen LogP contribution >= 0.6 is 31.9 Å². The Bertz CT molecular complexity index is 542. The van der Waals surface area contributed by atoms with Gasteiger partial charge in [-0.2, -0.15) is 5.10 Å². The van der Waals surface area contributed by atoms with Gasteiger partial charge in [0.15, 0.2) is 0 Å². The summed E-state index contributed by atoms with van der Waals surface area (Å²) in [6.45, 7) is 0.507. The number of amides is 1. The molecule has 0 unspecified atom stereocenters. The minimum absolute atomic E-state index is 0.123. The lowest BCUT2D eigenvalue weighted by atomic mass is 10.2. The summed E-state index contributed by atoms with van der Waals surface area (Å²) < 4.78 is 1.63. The van der Waals surface area contributed by atoms with Gasteiger partial charge in [0, 0.05) is 21.9 Å². The highest BCUT2D eigenvalue weighted by atomic mass is 79.9. The maximum Gasteiger partial charge on any atom is 0.252 e. The number of hydrogen-bond donors (Lipinski definition) is 2. The van der Waals surface area contributed by atoms with E-state index in [2.05, 4.69) is 52.4 Å². The Labute approximate surface area is 121 Å². The molecule has 7 heteroatoms. The fraction of sp³-hybridized carbons (Fsp3) is 0.182. The maximum atomic E-state index is 11.9. The third kappa shape index (κ3) is 3.39. The minimum atomic E-state index is -0.123. The molecule has 5 nitrogen and oxygen atoms in total. The van der Waals surface area contributed by atoms with Crippen LogP contribution in [-0.2, 0) is 6.42 Å². The molecule has 1 heterocycles. The summed E-state index contributed by atoms with van der Waals surface area (Å²) >= 11 is 6.69. The van der Waals surface area contributed by atoms with Crippen molar-refractivity contribution in [3.63, 3.8) is 0 Å². The number of nitrogens with one attached hydrogen (secondary N) is 2. The zero-order valence-corrected chi connectivity index (χ0v) is 12.5. The van der Waals surface area contributed by atoms with Gasteiger partial charge in [0.25, 0.3) is 5.91 Å². The zero-order chi connectivity index (χ0) is 13.0. The molecular weight excluding hydrogens is 364 g/mol. The molecule has 1 aromatic heterocycles. The predicted octanol–water partition coefficient (Wildman–Crippen LogP) is 2.30. The summed E-state index contributed by atoms with van der Waals surface area (Å²) in [4.78, 5) is 15.9. The van der Waals surface area contributed by atoms with Crippen LogP contribution in [0.15, 0.2) is 33.5 Å². The summed E-state index contributed by atoms with van der Waals surface area (Å²) in [5.41, 5.74) is 0.599. The fourth-order valence-electron chi connectivity index (χ4n) is 1.41. The molecule has 0 bridgehead atoms. The Morgan fingerprint density at radius 1 is 1.39 bits per heavy atom. The van der Waals surface area contributed by atoms with E-state index in [1.807, 2.05) is 12.1 Å². The molecule has 1 amide bonds. The lowest BCUT2D eigenvalue weighted by Crippen LogP contribution is -2.26. The number of carbonyl (C=O) groups excluding carboxylic acids is 1. The first kappa shape index (κ1) is 13.2. The molecule has 0 aliphatic carbocycles. The topological polar surface area (TPSA) is 70.7 Å². The van der Waals surface area contributed by atoms with E-state index < -0.39 is 0 Å². The van der Waals surface area contributed by atoms with Crippen LogP contribution in [0, 0.1) is 0 Å². The maximum absolute atomic E-state index is 11.9. The number of carbonyl (C=O) groups is 1. The summed E-state index contributed by atoms with van der Waals surface area (Å²) in [5, 5.41) is 9.31. The summed E-state index contributed by atoms with van der Waals surface area (Å²) in [6.07, 6.45) is 2.07. The molecule has 2 rings (SSSR count). The first-order chi connectivity index (χ1) is 8.66. The number of benzene rings is 1. The van der Waals surface area contributed by atoms with Gasteiger partial charge in [0.1, 0.15) is 12.2 Å². The molecule has 2 N–H and O–H groups in total. The summed E-state index contributed by atoms with van der Waals surface area (Å²) in [6, 6.07) is 5.47. The molecule has 2 aromatic rings. The van der Waals surface area contributed by atoms with Crippen LogP contribution in [0.4, 0.5) is 0 Å². The van der Waals surface area contributed by atoms with Crippen LogP contribution < -0.4 is 5.32 Å².